The smallest absolute Gasteiger partial charge is 0.256 e. The second kappa shape index (κ2) is 11.3. The van der Waals surface area contributed by atoms with Crippen molar-refractivity contribution < 1.29 is 14.4 Å². The first-order valence-corrected chi connectivity index (χ1v) is 13.5. The molecule has 3 heterocycles. The second-order valence-corrected chi connectivity index (χ2v) is 10.3. The maximum Gasteiger partial charge on any atom is 0.256 e. The number of aromatic nitrogens is 1. The van der Waals surface area contributed by atoms with Crippen LogP contribution in [0.15, 0.2) is 48.5 Å². The lowest BCUT2D eigenvalue weighted by Gasteiger charge is -2.14. The SMILES string of the molecule is Cc1[nH]c(C=C2C(=O)Nc3cc(C(=O)NC(C)c4ccccc4)ccc32)c(C)c1C(=O)NCCN1CCCC1. The molecule has 4 N–H and O–H groups in total. The van der Waals surface area contributed by atoms with Crippen molar-refractivity contribution in [2.24, 2.45) is 0 Å². The predicted molar refractivity (Wildman–Crippen MR) is 154 cm³/mol. The number of aryl methyl sites for hydroxylation is 1. The van der Waals surface area contributed by atoms with E-state index in [1.807, 2.05) is 51.1 Å². The second-order valence-electron chi connectivity index (χ2n) is 10.3. The number of nitrogens with zero attached hydrogens (tertiary/aromatic N) is 1. The highest BCUT2D eigenvalue weighted by molar-refractivity contribution is 6.35. The van der Waals surface area contributed by atoms with E-state index in [4.69, 9.17) is 0 Å². The number of rotatable bonds is 8. The van der Waals surface area contributed by atoms with Gasteiger partial charge in [-0.15, -0.1) is 0 Å². The van der Waals surface area contributed by atoms with Crippen LogP contribution in [0, 0.1) is 13.8 Å². The molecule has 0 bridgehead atoms. The standard InChI is InChI=1S/C31H35N5O3/c1-19-26(33-21(3)28(19)31(39)32-13-16-36-14-7-8-15-36)18-25-24-12-11-23(17-27(24)35-30(25)38)29(37)34-20(2)22-9-5-4-6-10-22/h4-6,9-12,17-18,20,33H,7-8,13-16H2,1-3H3,(H,32,39)(H,34,37)(H,35,38). The molecule has 8 heteroatoms. The van der Waals surface area contributed by atoms with Crippen molar-refractivity contribution in [1.29, 1.82) is 0 Å². The van der Waals surface area contributed by atoms with Crippen LogP contribution in [0.25, 0.3) is 11.6 Å². The molecule has 2 aliphatic heterocycles. The van der Waals surface area contributed by atoms with Gasteiger partial charge in [-0.2, -0.15) is 0 Å². The minimum Gasteiger partial charge on any atom is -0.358 e. The summed E-state index contributed by atoms with van der Waals surface area (Å²) in [5.41, 5.74) is 6.17. The Morgan fingerprint density at radius 1 is 1.05 bits per heavy atom. The number of amides is 3. The number of anilines is 1. The fraction of sp³-hybridized carbons (Fsp3) is 0.323. The molecule has 8 nitrogen and oxygen atoms in total. The topological polar surface area (TPSA) is 106 Å². The van der Waals surface area contributed by atoms with Gasteiger partial charge in [0.05, 0.1) is 17.2 Å². The average molecular weight is 526 g/mol. The van der Waals surface area contributed by atoms with Gasteiger partial charge in [0.25, 0.3) is 17.7 Å². The molecule has 2 aliphatic rings. The van der Waals surface area contributed by atoms with Gasteiger partial charge in [0.2, 0.25) is 0 Å². The molecule has 1 fully saturated rings. The Morgan fingerprint density at radius 3 is 2.54 bits per heavy atom. The number of benzene rings is 2. The Labute approximate surface area is 228 Å². The largest absolute Gasteiger partial charge is 0.358 e. The van der Waals surface area contributed by atoms with Crippen LogP contribution < -0.4 is 16.0 Å². The van der Waals surface area contributed by atoms with Gasteiger partial charge in [-0.1, -0.05) is 36.4 Å². The first-order chi connectivity index (χ1) is 18.8. The monoisotopic (exact) mass is 525 g/mol. The molecule has 3 aromatic rings. The zero-order valence-corrected chi connectivity index (χ0v) is 22.7. The fourth-order valence-electron chi connectivity index (χ4n) is 5.41. The van der Waals surface area contributed by atoms with E-state index in [0.717, 1.165) is 42.0 Å². The van der Waals surface area contributed by atoms with E-state index in [-0.39, 0.29) is 23.8 Å². The van der Waals surface area contributed by atoms with Gasteiger partial charge in [0.15, 0.2) is 0 Å². The van der Waals surface area contributed by atoms with Crippen LogP contribution in [0.5, 0.6) is 0 Å². The fourth-order valence-corrected chi connectivity index (χ4v) is 5.41. The summed E-state index contributed by atoms with van der Waals surface area (Å²) in [4.78, 5) is 44.4. The van der Waals surface area contributed by atoms with Crippen molar-refractivity contribution in [3.63, 3.8) is 0 Å². The highest BCUT2D eigenvalue weighted by Gasteiger charge is 2.27. The number of nitrogens with one attached hydrogen (secondary N) is 4. The molecule has 0 radical (unpaired) electrons. The predicted octanol–water partition coefficient (Wildman–Crippen LogP) is 4.44. The summed E-state index contributed by atoms with van der Waals surface area (Å²) in [6.45, 7) is 9.35. The van der Waals surface area contributed by atoms with Crippen LogP contribution in [-0.2, 0) is 4.79 Å². The molecule has 39 heavy (non-hydrogen) atoms. The van der Waals surface area contributed by atoms with E-state index in [1.165, 1.54) is 12.8 Å². The minimum atomic E-state index is -0.247. The maximum absolute atomic E-state index is 13.0. The Kier molecular flexibility index (Phi) is 7.65. The van der Waals surface area contributed by atoms with Crippen LogP contribution in [0.2, 0.25) is 0 Å². The van der Waals surface area contributed by atoms with Gasteiger partial charge in [-0.3, -0.25) is 14.4 Å². The van der Waals surface area contributed by atoms with Crippen molar-refractivity contribution in [2.45, 2.75) is 39.7 Å². The van der Waals surface area contributed by atoms with Crippen LogP contribution in [-0.4, -0.2) is 53.8 Å². The Bertz CT molecular complexity index is 1430. The molecule has 1 saturated heterocycles. The number of hydrogen-bond donors (Lipinski definition) is 4. The third-order valence-corrected chi connectivity index (χ3v) is 7.62. The molecule has 202 valence electrons. The molecule has 0 aliphatic carbocycles. The highest BCUT2D eigenvalue weighted by Crippen LogP contribution is 2.35. The first kappa shape index (κ1) is 26.4. The molecule has 2 aromatic carbocycles. The van der Waals surface area contributed by atoms with Crippen LogP contribution in [0.3, 0.4) is 0 Å². The van der Waals surface area contributed by atoms with Gasteiger partial charge in [-0.25, -0.2) is 0 Å². The van der Waals surface area contributed by atoms with Crippen LogP contribution >= 0.6 is 0 Å². The van der Waals surface area contributed by atoms with Crippen molar-refractivity contribution in [3.8, 4) is 0 Å². The van der Waals surface area contributed by atoms with E-state index in [1.54, 1.807) is 24.3 Å². The molecule has 0 spiro atoms. The third-order valence-electron chi connectivity index (χ3n) is 7.62. The lowest BCUT2D eigenvalue weighted by molar-refractivity contribution is -0.110. The van der Waals surface area contributed by atoms with Gasteiger partial charge >= 0.3 is 0 Å². The van der Waals surface area contributed by atoms with Crippen molar-refractivity contribution in [2.75, 3.05) is 31.5 Å². The van der Waals surface area contributed by atoms with Gasteiger partial charge in [0, 0.05) is 41.3 Å². The summed E-state index contributed by atoms with van der Waals surface area (Å²) in [6.07, 6.45) is 4.23. The molecule has 0 saturated carbocycles. The number of carbonyl (C=O) groups is 3. The van der Waals surface area contributed by atoms with E-state index in [2.05, 4.69) is 25.8 Å². The number of fused-ring (bicyclic) bond motifs is 1. The molecule has 1 unspecified atom stereocenters. The molecule has 5 rings (SSSR count). The van der Waals surface area contributed by atoms with Crippen molar-refractivity contribution >= 4 is 35.1 Å². The summed E-state index contributed by atoms with van der Waals surface area (Å²) in [5.74, 6) is -0.567. The third kappa shape index (κ3) is 5.66. The van der Waals surface area contributed by atoms with E-state index >= 15 is 0 Å². The average Bonchev–Trinajstić information content (AvgIpc) is 3.62. The molecule has 3 amide bonds. The van der Waals surface area contributed by atoms with E-state index in [9.17, 15) is 14.4 Å². The lowest BCUT2D eigenvalue weighted by atomic mass is 10.0. The summed E-state index contributed by atoms with van der Waals surface area (Å²) in [6, 6.07) is 14.8. The number of aromatic amines is 1. The zero-order valence-electron chi connectivity index (χ0n) is 22.7. The Balaban J connectivity index is 1.30. The van der Waals surface area contributed by atoms with E-state index in [0.29, 0.717) is 34.6 Å². The zero-order chi connectivity index (χ0) is 27.5. The number of likely N-dealkylation sites (tertiary alicyclic amines) is 1. The molecule has 1 atom stereocenters. The van der Waals surface area contributed by atoms with Crippen LogP contribution in [0.4, 0.5) is 5.69 Å². The molecule has 1 aromatic heterocycles. The van der Waals surface area contributed by atoms with Crippen LogP contribution in [0.1, 0.15) is 74.6 Å². The molecular formula is C31H35N5O3. The van der Waals surface area contributed by atoms with Gasteiger partial charge < -0.3 is 25.8 Å². The summed E-state index contributed by atoms with van der Waals surface area (Å²) in [7, 11) is 0. The van der Waals surface area contributed by atoms with Crippen molar-refractivity contribution in [3.05, 3.63) is 87.7 Å². The van der Waals surface area contributed by atoms with E-state index < -0.39 is 0 Å². The van der Waals surface area contributed by atoms with Gasteiger partial charge in [0.1, 0.15) is 0 Å². The number of carbonyl (C=O) groups excluding carboxylic acids is 3. The normalized spacial score (nSPS) is 16.7. The summed E-state index contributed by atoms with van der Waals surface area (Å²) >= 11 is 0. The maximum atomic E-state index is 13.0. The Morgan fingerprint density at radius 2 is 1.79 bits per heavy atom. The van der Waals surface area contributed by atoms with Gasteiger partial charge in [-0.05, 0) is 76.0 Å². The number of hydrogen-bond acceptors (Lipinski definition) is 4. The lowest BCUT2D eigenvalue weighted by Crippen LogP contribution is -2.33. The highest BCUT2D eigenvalue weighted by atomic mass is 16.2. The minimum absolute atomic E-state index is 0.109. The summed E-state index contributed by atoms with van der Waals surface area (Å²) < 4.78 is 0. The Hall–Kier alpha value is -4.17. The number of H-pyrrole nitrogens is 1. The molecular weight excluding hydrogens is 490 g/mol. The summed E-state index contributed by atoms with van der Waals surface area (Å²) in [5, 5.41) is 8.93. The quantitative estimate of drug-likeness (QED) is 0.326. The van der Waals surface area contributed by atoms with Crippen molar-refractivity contribution in [1.82, 2.24) is 20.5 Å². The first-order valence-electron chi connectivity index (χ1n) is 13.5.